The standard InChI is InChI=1S/C16H23ClO2/c1-4-5-14(10-16(18)19-11-12(2)3)13-6-8-15(17)9-7-13/h6-9,12,14H,4-5,10-11H2,1-3H3. The highest BCUT2D eigenvalue weighted by molar-refractivity contribution is 6.30. The molecule has 106 valence electrons. The maximum Gasteiger partial charge on any atom is 0.306 e. The predicted octanol–water partition coefficient (Wildman–Crippen LogP) is 4.81. The smallest absolute Gasteiger partial charge is 0.306 e. The molecule has 1 unspecified atom stereocenters. The first-order valence-corrected chi connectivity index (χ1v) is 7.31. The highest BCUT2D eigenvalue weighted by Crippen LogP contribution is 2.26. The molecule has 0 aliphatic carbocycles. The molecule has 0 fully saturated rings. The fourth-order valence-electron chi connectivity index (χ4n) is 1.99. The third-order valence-corrected chi connectivity index (χ3v) is 3.22. The van der Waals surface area contributed by atoms with Crippen molar-refractivity contribution in [3.8, 4) is 0 Å². The average molecular weight is 283 g/mol. The summed E-state index contributed by atoms with van der Waals surface area (Å²) in [4.78, 5) is 11.8. The van der Waals surface area contributed by atoms with Crippen molar-refractivity contribution in [1.82, 2.24) is 0 Å². The van der Waals surface area contributed by atoms with Crippen LogP contribution in [0.25, 0.3) is 0 Å². The van der Waals surface area contributed by atoms with Crippen molar-refractivity contribution < 1.29 is 9.53 Å². The van der Waals surface area contributed by atoms with Gasteiger partial charge < -0.3 is 4.74 Å². The molecule has 19 heavy (non-hydrogen) atoms. The minimum Gasteiger partial charge on any atom is -0.465 e. The first kappa shape index (κ1) is 16.0. The summed E-state index contributed by atoms with van der Waals surface area (Å²) in [7, 11) is 0. The van der Waals surface area contributed by atoms with Crippen LogP contribution in [0.4, 0.5) is 0 Å². The Labute approximate surface area is 121 Å². The third-order valence-electron chi connectivity index (χ3n) is 2.97. The molecule has 0 aromatic heterocycles. The summed E-state index contributed by atoms with van der Waals surface area (Å²) in [5.41, 5.74) is 1.16. The molecule has 2 nitrogen and oxygen atoms in total. The molecule has 0 amide bonds. The molecule has 1 aromatic carbocycles. The van der Waals surface area contributed by atoms with E-state index in [0.29, 0.717) is 18.9 Å². The van der Waals surface area contributed by atoms with Crippen LogP contribution in [0.1, 0.15) is 51.5 Å². The van der Waals surface area contributed by atoms with Crippen molar-refractivity contribution in [2.75, 3.05) is 6.61 Å². The second-order valence-corrected chi connectivity index (χ2v) is 5.75. The van der Waals surface area contributed by atoms with E-state index in [2.05, 4.69) is 6.92 Å². The molecule has 0 saturated heterocycles. The van der Waals surface area contributed by atoms with Crippen LogP contribution in [0.3, 0.4) is 0 Å². The number of carbonyl (C=O) groups is 1. The molecule has 1 atom stereocenters. The number of rotatable bonds is 7. The highest BCUT2D eigenvalue weighted by Gasteiger charge is 2.16. The highest BCUT2D eigenvalue weighted by atomic mass is 35.5. The van der Waals surface area contributed by atoms with Gasteiger partial charge in [-0.05, 0) is 36.0 Å². The summed E-state index contributed by atoms with van der Waals surface area (Å²) in [6.45, 7) is 6.70. The van der Waals surface area contributed by atoms with Gasteiger partial charge in [-0.3, -0.25) is 4.79 Å². The Bertz CT molecular complexity index is 384. The lowest BCUT2D eigenvalue weighted by atomic mass is 9.91. The first-order valence-electron chi connectivity index (χ1n) is 6.94. The van der Waals surface area contributed by atoms with Gasteiger partial charge in [-0.15, -0.1) is 0 Å². The number of halogens is 1. The number of hydrogen-bond acceptors (Lipinski definition) is 2. The van der Waals surface area contributed by atoms with Gasteiger partial charge in [0, 0.05) is 5.02 Å². The fourth-order valence-corrected chi connectivity index (χ4v) is 2.12. The lowest BCUT2D eigenvalue weighted by Gasteiger charge is -2.16. The largest absolute Gasteiger partial charge is 0.465 e. The van der Waals surface area contributed by atoms with Crippen LogP contribution in [0.15, 0.2) is 24.3 Å². The molecular weight excluding hydrogens is 260 g/mol. The number of benzene rings is 1. The van der Waals surface area contributed by atoms with Crippen LogP contribution in [0.5, 0.6) is 0 Å². The molecule has 0 spiro atoms. The Morgan fingerprint density at radius 1 is 1.26 bits per heavy atom. The van der Waals surface area contributed by atoms with E-state index in [1.807, 2.05) is 38.1 Å². The second kappa shape index (κ2) is 8.21. The minimum absolute atomic E-state index is 0.109. The normalized spacial score (nSPS) is 12.5. The SMILES string of the molecule is CCCC(CC(=O)OCC(C)C)c1ccc(Cl)cc1. The molecule has 1 rings (SSSR count). The summed E-state index contributed by atoms with van der Waals surface area (Å²) >= 11 is 5.89. The summed E-state index contributed by atoms with van der Waals surface area (Å²) in [5, 5.41) is 0.724. The van der Waals surface area contributed by atoms with Crippen LogP contribution < -0.4 is 0 Å². The van der Waals surface area contributed by atoms with Gasteiger partial charge in [-0.25, -0.2) is 0 Å². The molecule has 0 bridgehead atoms. The Morgan fingerprint density at radius 3 is 2.42 bits per heavy atom. The van der Waals surface area contributed by atoms with Crippen molar-refractivity contribution in [2.24, 2.45) is 5.92 Å². The van der Waals surface area contributed by atoms with E-state index < -0.39 is 0 Å². The number of hydrogen-bond donors (Lipinski definition) is 0. The Hall–Kier alpha value is -1.02. The topological polar surface area (TPSA) is 26.3 Å². The number of carbonyl (C=O) groups excluding carboxylic acids is 1. The quantitative estimate of drug-likeness (QED) is 0.671. The van der Waals surface area contributed by atoms with Gasteiger partial charge in [0.2, 0.25) is 0 Å². The number of ether oxygens (including phenoxy) is 1. The maximum absolute atomic E-state index is 11.8. The van der Waals surface area contributed by atoms with Crippen molar-refractivity contribution in [3.05, 3.63) is 34.9 Å². The van der Waals surface area contributed by atoms with Crippen LogP contribution in [0.2, 0.25) is 5.02 Å². The van der Waals surface area contributed by atoms with Gasteiger partial charge in [0.25, 0.3) is 0 Å². The van der Waals surface area contributed by atoms with E-state index in [-0.39, 0.29) is 11.9 Å². The van der Waals surface area contributed by atoms with E-state index in [0.717, 1.165) is 23.4 Å². The van der Waals surface area contributed by atoms with Crippen molar-refractivity contribution in [3.63, 3.8) is 0 Å². The van der Waals surface area contributed by atoms with E-state index in [9.17, 15) is 4.79 Å². The molecule has 1 aromatic rings. The summed E-state index contributed by atoms with van der Waals surface area (Å²) < 4.78 is 5.26. The zero-order chi connectivity index (χ0) is 14.3. The molecule has 0 heterocycles. The summed E-state index contributed by atoms with van der Waals surface area (Å²) in [6, 6.07) is 7.74. The van der Waals surface area contributed by atoms with Crippen molar-refractivity contribution in [1.29, 1.82) is 0 Å². The van der Waals surface area contributed by atoms with Crippen LogP contribution in [0, 0.1) is 5.92 Å². The molecule has 0 radical (unpaired) electrons. The molecule has 3 heteroatoms. The molecule has 0 aliphatic rings. The zero-order valence-corrected chi connectivity index (χ0v) is 12.7. The predicted molar refractivity (Wildman–Crippen MR) is 79.5 cm³/mol. The molecule has 0 aliphatic heterocycles. The Balaban J connectivity index is 2.62. The molecule has 0 N–H and O–H groups in total. The van der Waals surface area contributed by atoms with Crippen LogP contribution >= 0.6 is 11.6 Å². The average Bonchev–Trinajstić information content (AvgIpc) is 2.37. The van der Waals surface area contributed by atoms with Gasteiger partial charge in [-0.1, -0.05) is 50.9 Å². The summed E-state index contributed by atoms with van der Waals surface area (Å²) in [6.07, 6.45) is 2.48. The zero-order valence-electron chi connectivity index (χ0n) is 12.0. The second-order valence-electron chi connectivity index (χ2n) is 5.32. The van der Waals surface area contributed by atoms with Gasteiger partial charge in [0.05, 0.1) is 13.0 Å². The van der Waals surface area contributed by atoms with E-state index in [1.165, 1.54) is 0 Å². The van der Waals surface area contributed by atoms with E-state index in [1.54, 1.807) is 0 Å². The first-order chi connectivity index (χ1) is 9.02. The Kier molecular flexibility index (Phi) is 6.93. The van der Waals surface area contributed by atoms with Gasteiger partial charge in [0.1, 0.15) is 0 Å². The van der Waals surface area contributed by atoms with Gasteiger partial charge in [0.15, 0.2) is 0 Å². The molecule has 0 saturated carbocycles. The van der Waals surface area contributed by atoms with Crippen LogP contribution in [-0.4, -0.2) is 12.6 Å². The lowest BCUT2D eigenvalue weighted by molar-refractivity contribution is -0.145. The Morgan fingerprint density at radius 2 is 1.89 bits per heavy atom. The van der Waals surface area contributed by atoms with E-state index >= 15 is 0 Å². The summed E-state index contributed by atoms with van der Waals surface area (Å²) in [5.74, 6) is 0.494. The van der Waals surface area contributed by atoms with E-state index in [4.69, 9.17) is 16.3 Å². The monoisotopic (exact) mass is 282 g/mol. The fraction of sp³-hybridized carbons (Fsp3) is 0.562. The molecular formula is C16H23ClO2. The van der Waals surface area contributed by atoms with Crippen molar-refractivity contribution in [2.45, 2.75) is 46.0 Å². The van der Waals surface area contributed by atoms with Gasteiger partial charge in [-0.2, -0.15) is 0 Å². The van der Waals surface area contributed by atoms with Crippen LogP contribution in [-0.2, 0) is 9.53 Å². The minimum atomic E-state index is -0.109. The lowest BCUT2D eigenvalue weighted by Crippen LogP contribution is -2.13. The third kappa shape index (κ3) is 6.11. The van der Waals surface area contributed by atoms with Gasteiger partial charge >= 0.3 is 5.97 Å². The number of esters is 1. The van der Waals surface area contributed by atoms with Crippen molar-refractivity contribution >= 4 is 17.6 Å². The maximum atomic E-state index is 11.8.